The second-order valence-corrected chi connectivity index (χ2v) is 10.6. The number of hydrogen-bond acceptors (Lipinski definition) is 2. The van der Waals surface area contributed by atoms with E-state index in [1.54, 1.807) is 23.1 Å². The lowest BCUT2D eigenvalue weighted by atomic mass is 9.99. The zero-order chi connectivity index (χ0) is 25.6. The molecule has 0 spiro atoms. The van der Waals surface area contributed by atoms with Crippen LogP contribution in [0.25, 0.3) is 0 Å². The minimum absolute atomic E-state index is 0.123. The SMILES string of the molecule is Cc1ccccc1CC(=O)N(Cc1c(Cl)cccc1Cl)[C@H](Cc1ccccc1)C(=O)NC(C)(C)C. The minimum atomic E-state index is -0.750. The number of halogens is 2. The standard InChI is InChI=1S/C29H32Cl2N2O2/c1-20-11-8-9-14-22(20)18-27(34)33(19-23-24(30)15-10-16-25(23)31)26(28(35)32-29(2,3)4)17-21-12-6-5-7-13-21/h5-16,26H,17-19H2,1-4H3,(H,32,35)/t26-/m1/s1. The van der Waals surface area contributed by atoms with Gasteiger partial charge >= 0.3 is 0 Å². The first kappa shape index (κ1) is 26.8. The van der Waals surface area contributed by atoms with Crippen molar-refractivity contribution in [2.24, 2.45) is 0 Å². The van der Waals surface area contributed by atoms with E-state index >= 15 is 0 Å². The van der Waals surface area contributed by atoms with Crippen LogP contribution in [0.1, 0.15) is 43.0 Å². The fraction of sp³-hybridized carbons (Fsp3) is 0.310. The molecule has 2 amide bonds. The van der Waals surface area contributed by atoms with Crippen molar-refractivity contribution >= 4 is 35.0 Å². The van der Waals surface area contributed by atoms with Gasteiger partial charge in [-0.1, -0.05) is 83.9 Å². The Morgan fingerprint density at radius 2 is 1.49 bits per heavy atom. The molecule has 0 heterocycles. The van der Waals surface area contributed by atoms with Gasteiger partial charge in [-0.25, -0.2) is 0 Å². The highest BCUT2D eigenvalue weighted by Gasteiger charge is 2.33. The molecule has 0 saturated carbocycles. The van der Waals surface area contributed by atoms with Crippen molar-refractivity contribution in [2.75, 3.05) is 0 Å². The topological polar surface area (TPSA) is 49.4 Å². The molecule has 0 unspecified atom stereocenters. The largest absolute Gasteiger partial charge is 0.350 e. The minimum Gasteiger partial charge on any atom is -0.350 e. The third-order valence-electron chi connectivity index (χ3n) is 5.76. The van der Waals surface area contributed by atoms with E-state index in [-0.39, 0.29) is 24.8 Å². The van der Waals surface area contributed by atoms with Gasteiger partial charge in [-0.3, -0.25) is 9.59 Å². The molecule has 4 nitrogen and oxygen atoms in total. The number of rotatable bonds is 8. The van der Waals surface area contributed by atoms with E-state index in [9.17, 15) is 9.59 Å². The number of amides is 2. The summed E-state index contributed by atoms with van der Waals surface area (Å²) in [5.74, 6) is -0.386. The molecule has 3 rings (SSSR count). The Morgan fingerprint density at radius 3 is 2.09 bits per heavy atom. The Labute approximate surface area is 218 Å². The summed E-state index contributed by atoms with van der Waals surface area (Å²) in [7, 11) is 0. The Kier molecular flexibility index (Phi) is 8.98. The molecule has 0 radical (unpaired) electrons. The van der Waals surface area contributed by atoms with E-state index in [1.165, 1.54) is 0 Å². The first-order valence-corrected chi connectivity index (χ1v) is 12.4. The van der Waals surface area contributed by atoms with Gasteiger partial charge in [0.1, 0.15) is 6.04 Å². The highest BCUT2D eigenvalue weighted by atomic mass is 35.5. The second-order valence-electron chi connectivity index (χ2n) is 9.77. The van der Waals surface area contributed by atoms with E-state index in [0.29, 0.717) is 22.0 Å². The van der Waals surface area contributed by atoms with Gasteiger partial charge in [0.25, 0.3) is 0 Å². The number of nitrogens with one attached hydrogen (secondary N) is 1. The van der Waals surface area contributed by atoms with Gasteiger partial charge in [0.2, 0.25) is 11.8 Å². The van der Waals surface area contributed by atoms with Gasteiger partial charge in [-0.05, 0) is 56.5 Å². The summed E-state index contributed by atoms with van der Waals surface area (Å²) >= 11 is 13.0. The summed E-state index contributed by atoms with van der Waals surface area (Å²) < 4.78 is 0. The van der Waals surface area contributed by atoms with Crippen LogP contribution in [0, 0.1) is 6.92 Å². The number of nitrogens with zero attached hydrogens (tertiary/aromatic N) is 1. The predicted molar refractivity (Wildman–Crippen MR) is 144 cm³/mol. The van der Waals surface area contributed by atoms with E-state index in [2.05, 4.69) is 5.32 Å². The smallest absolute Gasteiger partial charge is 0.243 e. The Hall–Kier alpha value is -2.82. The molecule has 0 aliphatic heterocycles. The molecule has 35 heavy (non-hydrogen) atoms. The van der Waals surface area contributed by atoms with Crippen LogP contribution >= 0.6 is 23.2 Å². The summed E-state index contributed by atoms with van der Waals surface area (Å²) in [6, 6.07) is 22.0. The fourth-order valence-electron chi connectivity index (χ4n) is 3.93. The van der Waals surface area contributed by atoms with Crippen LogP contribution in [0.15, 0.2) is 72.8 Å². The highest BCUT2D eigenvalue weighted by molar-refractivity contribution is 6.36. The van der Waals surface area contributed by atoms with Crippen molar-refractivity contribution in [1.82, 2.24) is 10.2 Å². The first-order valence-electron chi connectivity index (χ1n) is 11.7. The van der Waals surface area contributed by atoms with Crippen LogP contribution in [0.2, 0.25) is 10.0 Å². The van der Waals surface area contributed by atoms with Crippen LogP contribution in [0.5, 0.6) is 0 Å². The van der Waals surface area contributed by atoms with Crippen molar-refractivity contribution in [1.29, 1.82) is 0 Å². The molecular formula is C29H32Cl2N2O2. The van der Waals surface area contributed by atoms with Crippen LogP contribution in [0.3, 0.4) is 0 Å². The van der Waals surface area contributed by atoms with Crippen LogP contribution < -0.4 is 5.32 Å². The Balaban J connectivity index is 2.05. The fourth-order valence-corrected chi connectivity index (χ4v) is 4.45. The molecule has 3 aromatic carbocycles. The monoisotopic (exact) mass is 510 g/mol. The summed E-state index contributed by atoms with van der Waals surface area (Å²) in [5, 5.41) is 3.98. The maximum absolute atomic E-state index is 13.9. The summed E-state index contributed by atoms with van der Waals surface area (Å²) in [4.78, 5) is 29.1. The molecule has 3 aromatic rings. The van der Waals surface area contributed by atoms with Gasteiger partial charge < -0.3 is 10.2 Å². The third-order valence-corrected chi connectivity index (χ3v) is 6.47. The second kappa shape index (κ2) is 11.7. The molecule has 0 bridgehead atoms. The zero-order valence-corrected chi connectivity index (χ0v) is 22.2. The number of aryl methyl sites for hydroxylation is 1. The molecule has 6 heteroatoms. The van der Waals surface area contributed by atoms with Gasteiger partial charge in [-0.2, -0.15) is 0 Å². The molecule has 1 atom stereocenters. The number of carbonyl (C=O) groups is 2. The van der Waals surface area contributed by atoms with E-state index in [1.807, 2.05) is 82.3 Å². The molecule has 0 aliphatic rings. The van der Waals surface area contributed by atoms with E-state index in [0.717, 1.165) is 16.7 Å². The third kappa shape index (κ3) is 7.58. The average molecular weight is 511 g/mol. The Morgan fingerprint density at radius 1 is 0.886 bits per heavy atom. The maximum Gasteiger partial charge on any atom is 0.243 e. The molecule has 0 fully saturated rings. The molecule has 0 aliphatic carbocycles. The summed E-state index contributed by atoms with van der Waals surface area (Å²) in [6.07, 6.45) is 0.535. The van der Waals surface area contributed by atoms with Gasteiger partial charge in [-0.15, -0.1) is 0 Å². The van der Waals surface area contributed by atoms with E-state index < -0.39 is 11.6 Å². The van der Waals surface area contributed by atoms with Gasteiger partial charge in [0, 0.05) is 34.1 Å². The van der Waals surface area contributed by atoms with Crippen molar-refractivity contribution in [3.63, 3.8) is 0 Å². The van der Waals surface area contributed by atoms with Crippen molar-refractivity contribution < 1.29 is 9.59 Å². The van der Waals surface area contributed by atoms with Crippen LogP contribution in [0.4, 0.5) is 0 Å². The lowest BCUT2D eigenvalue weighted by Gasteiger charge is -2.34. The quantitative estimate of drug-likeness (QED) is 0.381. The highest BCUT2D eigenvalue weighted by Crippen LogP contribution is 2.28. The van der Waals surface area contributed by atoms with Crippen LogP contribution in [-0.2, 0) is 29.0 Å². The van der Waals surface area contributed by atoms with Crippen molar-refractivity contribution in [3.05, 3.63) is 105 Å². The summed E-state index contributed by atoms with van der Waals surface area (Å²) in [5.41, 5.74) is 3.06. The number of benzene rings is 3. The maximum atomic E-state index is 13.9. The molecule has 184 valence electrons. The summed E-state index contributed by atoms with van der Waals surface area (Å²) in [6.45, 7) is 7.88. The molecule has 0 aromatic heterocycles. The predicted octanol–water partition coefficient (Wildman–Crippen LogP) is 6.40. The van der Waals surface area contributed by atoms with Gasteiger partial charge in [0.15, 0.2) is 0 Å². The van der Waals surface area contributed by atoms with Crippen LogP contribution in [-0.4, -0.2) is 28.3 Å². The van der Waals surface area contributed by atoms with Crippen molar-refractivity contribution in [2.45, 2.75) is 58.7 Å². The molecule has 1 N–H and O–H groups in total. The Bertz CT molecular complexity index is 1150. The number of carbonyl (C=O) groups excluding carboxylic acids is 2. The van der Waals surface area contributed by atoms with Crippen molar-refractivity contribution in [3.8, 4) is 0 Å². The lowest BCUT2D eigenvalue weighted by molar-refractivity contribution is -0.141. The normalized spacial score (nSPS) is 12.2. The number of hydrogen-bond donors (Lipinski definition) is 1. The molecule has 0 saturated heterocycles. The van der Waals surface area contributed by atoms with E-state index in [4.69, 9.17) is 23.2 Å². The zero-order valence-electron chi connectivity index (χ0n) is 20.6. The average Bonchev–Trinajstić information content (AvgIpc) is 2.79. The molecular weight excluding hydrogens is 479 g/mol. The first-order chi connectivity index (χ1) is 16.5. The van der Waals surface area contributed by atoms with Gasteiger partial charge in [0.05, 0.1) is 6.42 Å². The lowest BCUT2D eigenvalue weighted by Crippen LogP contribution is -2.54.